The predicted molar refractivity (Wildman–Crippen MR) is 105 cm³/mol. The van der Waals surface area contributed by atoms with Crippen molar-refractivity contribution in [3.8, 4) is 0 Å². The molecule has 148 valence electrons. The number of piperidine rings is 1. The summed E-state index contributed by atoms with van der Waals surface area (Å²) in [5, 5.41) is 8.90. The number of likely N-dealkylation sites (tertiary alicyclic amines) is 1. The van der Waals surface area contributed by atoms with E-state index in [2.05, 4.69) is 30.9 Å². The molecule has 0 bridgehead atoms. The fourth-order valence-corrected chi connectivity index (χ4v) is 3.85. The minimum Gasteiger partial charge on any atom is -0.367 e. The van der Waals surface area contributed by atoms with E-state index in [9.17, 15) is 9.18 Å². The summed E-state index contributed by atoms with van der Waals surface area (Å²) in [6.45, 7) is 1.95. The largest absolute Gasteiger partial charge is 0.367 e. The van der Waals surface area contributed by atoms with Gasteiger partial charge < -0.3 is 20.9 Å². The van der Waals surface area contributed by atoms with Crippen molar-refractivity contribution in [3.05, 3.63) is 36.3 Å². The number of urea groups is 1. The van der Waals surface area contributed by atoms with E-state index in [0.29, 0.717) is 18.9 Å². The molecule has 1 aromatic rings. The summed E-state index contributed by atoms with van der Waals surface area (Å²) in [7, 11) is 1.63. The zero-order valence-electron chi connectivity index (χ0n) is 15.8. The number of hydrogen-bond donors (Lipinski definition) is 3. The van der Waals surface area contributed by atoms with Crippen LogP contribution in [0.15, 0.2) is 29.7 Å². The minimum absolute atomic E-state index is 0.0701. The number of aliphatic imine (C=N–C) groups is 1. The molecule has 0 aliphatic carbocycles. The number of fused-ring (bicyclic) bond motifs is 1. The first-order valence-electron chi connectivity index (χ1n) is 9.58. The molecule has 1 aromatic heterocycles. The number of anilines is 1. The van der Waals surface area contributed by atoms with E-state index in [1.54, 1.807) is 18.1 Å². The molecule has 9 heteroatoms. The van der Waals surface area contributed by atoms with Crippen molar-refractivity contribution in [2.24, 2.45) is 16.8 Å². The number of carbonyl (C=O) groups is 1. The first-order valence-corrected chi connectivity index (χ1v) is 9.58. The maximum atomic E-state index is 14.3. The SMILES string of the molecule is CNC(=O)N1CCC[C@H](CNc2nc(C3=CN=C4NC=CCC34)ncc2F)C1. The lowest BCUT2D eigenvalue weighted by molar-refractivity contribution is 0.170. The van der Waals surface area contributed by atoms with Gasteiger partial charge in [0.1, 0.15) is 5.84 Å². The molecular weight excluding hydrogens is 361 g/mol. The molecule has 4 heterocycles. The summed E-state index contributed by atoms with van der Waals surface area (Å²) >= 11 is 0. The number of allylic oxidation sites excluding steroid dienone is 1. The van der Waals surface area contributed by atoms with E-state index in [0.717, 1.165) is 37.2 Å². The average Bonchev–Trinajstić information content (AvgIpc) is 3.17. The summed E-state index contributed by atoms with van der Waals surface area (Å²) in [6.07, 6.45) is 9.60. The molecule has 2 amide bonds. The van der Waals surface area contributed by atoms with Crippen LogP contribution in [0.4, 0.5) is 15.0 Å². The summed E-state index contributed by atoms with van der Waals surface area (Å²) in [4.78, 5) is 26.6. The Morgan fingerprint density at radius 1 is 1.46 bits per heavy atom. The van der Waals surface area contributed by atoms with Crippen LogP contribution in [0.2, 0.25) is 0 Å². The van der Waals surface area contributed by atoms with E-state index in [1.165, 1.54) is 6.20 Å². The lowest BCUT2D eigenvalue weighted by Gasteiger charge is -2.32. The normalized spacial score (nSPS) is 23.4. The Bertz CT molecular complexity index is 851. The molecule has 3 aliphatic heterocycles. The average molecular weight is 385 g/mol. The lowest BCUT2D eigenvalue weighted by Crippen LogP contribution is -2.45. The van der Waals surface area contributed by atoms with Gasteiger partial charge in [0.2, 0.25) is 0 Å². The Hall–Kier alpha value is -2.97. The van der Waals surface area contributed by atoms with E-state index in [-0.39, 0.29) is 23.7 Å². The number of halogens is 1. The van der Waals surface area contributed by atoms with Crippen LogP contribution in [0, 0.1) is 17.7 Å². The van der Waals surface area contributed by atoms with E-state index in [4.69, 9.17) is 0 Å². The second-order valence-corrected chi connectivity index (χ2v) is 7.21. The molecule has 8 nitrogen and oxygen atoms in total. The third-order valence-electron chi connectivity index (χ3n) is 5.35. The van der Waals surface area contributed by atoms with Crippen LogP contribution in [0.1, 0.15) is 25.1 Å². The van der Waals surface area contributed by atoms with E-state index in [1.807, 2.05) is 12.3 Å². The molecule has 0 spiro atoms. The molecule has 3 N–H and O–H groups in total. The number of carbonyl (C=O) groups excluding carboxylic acids is 1. The van der Waals surface area contributed by atoms with Crippen LogP contribution in [-0.4, -0.2) is 53.4 Å². The van der Waals surface area contributed by atoms with E-state index >= 15 is 0 Å². The van der Waals surface area contributed by atoms with Gasteiger partial charge in [-0.05, 0) is 31.4 Å². The lowest BCUT2D eigenvalue weighted by atomic mass is 9.94. The monoisotopic (exact) mass is 385 g/mol. The van der Waals surface area contributed by atoms with Crippen LogP contribution >= 0.6 is 0 Å². The number of nitrogens with zero attached hydrogens (tertiary/aromatic N) is 4. The summed E-state index contributed by atoms with van der Waals surface area (Å²) in [5.74, 6) is 1.40. The first kappa shape index (κ1) is 18.4. The highest BCUT2D eigenvalue weighted by molar-refractivity contribution is 6.00. The maximum absolute atomic E-state index is 14.3. The van der Waals surface area contributed by atoms with Crippen molar-refractivity contribution in [3.63, 3.8) is 0 Å². The van der Waals surface area contributed by atoms with Gasteiger partial charge in [-0.1, -0.05) is 6.08 Å². The topological polar surface area (TPSA) is 94.5 Å². The zero-order chi connectivity index (χ0) is 19.5. The Morgan fingerprint density at radius 2 is 2.36 bits per heavy atom. The number of amides is 2. The summed E-state index contributed by atoms with van der Waals surface area (Å²) in [6, 6.07) is -0.0701. The van der Waals surface area contributed by atoms with Gasteiger partial charge in [-0.2, -0.15) is 0 Å². The highest BCUT2D eigenvalue weighted by Crippen LogP contribution is 2.32. The van der Waals surface area contributed by atoms with Crippen molar-refractivity contribution < 1.29 is 9.18 Å². The smallest absolute Gasteiger partial charge is 0.317 e. The van der Waals surface area contributed by atoms with Crippen LogP contribution < -0.4 is 16.0 Å². The second kappa shape index (κ2) is 7.95. The van der Waals surface area contributed by atoms with Gasteiger partial charge in [0.15, 0.2) is 17.5 Å². The van der Waals surface area contributed by atoms with Crippen molar-refractivity contribution in [2.45, 2.75) is 19.3 Å². The standard InChI is InChI=1S/C19H24FN7O/c1-21-19(28)27-7-3-4-12(11-27)8-23-18-15(20)10-25-17(26-18)14-9-24-16-13(14)5-2-6-22-16/h2,6,9-10,12-13H,3-5,7-8,11H2,1H3,(H,21,28)(H,22,24)(H,23,25,26)/t12-,13?/m1/s1. The fraction of sp³-hybridized carbons (Fsp3) is 0.474. The maximum Gasteiger partial charge on any atom is 0.317 e. The quantitative estimate of drug-likeness (QED) is 0.737. The van der Waals surface area contributed by atoms with Gasteiger partial charge in [-0.25, -0.2) is 24.1 Å². The van der Waals surface area contributed by atoms with Gasteiger partial charge in [0.05, 0.1) is 12.1 Å². The number of aromatic nitrogens is 2. The molecule has 1 unspecified atom stereocenters. The number of amidine groups is 1. The first-order chi connectivity index (χ1) is 13.7. The van der Waals surface area contributed by atoms with Gasteiger partial charge in [0, 0.05) is 38.5 Å². The predicted octanol–water partition coefficient (Wildman–Crippen LogP) is 1.96. The van der Waals surface area contributed by atoms with Crippen LogP contribution in [0.5, 0.6) is 0 Å². The molecule has 4 rings (SSSR count). The molecule has 0 aromatic carbocycles. The van der Waals surface area contributed by atoms with Gasteiger partial charge in [0.25, 0.3) is 0 Å². The molecule has 1 fully saturated rings. The van der Waals surface area contributed by atoms with Crippen molar-refractivity contribution >= 4 is 23.3 Å². The van der Waals surface area contributed by atoms with Gasteiger partial charge in [-0.3, -0.25) is 0 Å². The molecule has 3 aliphatic rings. The van der Waals surface area contributed by atoms with E-state index < -0.39 is 5.82 Å². The summed E-state index contributed by atoms with van der Waals surface area (Å²) < 4.78 is 14.3. The Balaban J connectivity index is 1.42. The molecule has 28 heavy (non-hydrogen) atoms. The molecular formula is C19H24FN7O. The zero-order valence-corrected chi connectivity index (χ0v) is 15.8. The second-order valence-electron chi connectivity index (χ2n) is 7.21. The van der Waals surface area contributed by atoms with Crippen molar-refractivity contribution in [2.75, 3.05) is 32.0 Å². The highest BCUT2D eigenvalue weighted by atomic mass is 19.1. The van der Waals surface area contributed by atoms with Crippen LogP contribution in [0.25, 0.3) is 5.57 Å². The van der Waals surface area contributed by atoms with Gasteiger partial charge in [-0.15, -0.1) is 0 Å². The van der Waals surface area contributed by atoms with Gasteiger partial charge >= 0.3 is 6.03 Å². The molecule has 1 saturated heterocycles. The molecule has 2 atom stereocenters. The molecule has 0 saturated carbocycles. The Kier molecular flexibility index (Phi) is 5.23. The Morgan fingerprint density at radius 3 is 3.21 bits per heavy atom. The molecule has 0 radical (unpaired) electrons. The number of nitrogens with one attached hydrogen (secondary N) is 3. The number of rotatable bonds is 4. The minimum atomic E-state index is -0.482. The van der Waals surface area contributed by atoms with Crippen LogP contribution in [-0.2, 0) is 0 Å². The van der Waals surface area contributed by atoms with Crippen molar-refractivity contribution in [1.82, 2.24) is 25.5 Å². The number of hydrogen-bond acceptors (Lipinski definition) is 6. The highest BCUT2D eigenvalue weighted by Gasteiger charge is 2.29. The van der Waals surface area contributed by atoms with Crippen LogP contribution in [0.3, 0.4) is 0 Å². The van der Waals surface area contributed by atoms with Crippen molar-refractivity contribution in [1.29, 1.82) is 0 Å². The fourth-order valence-electron chi connectivity index (χ4n) is 3.85. The Labute approximate surface area is 163 Å². The third kappa shape index (κ3) is 3.69. The summed E-state index contributed by atoms with van der Waals surface area (Å²) in [5.41, 5.74) is 0.887. The third-order valence-corrected chi connectivity index (χ3v) is 5.35.